The van der Waals surface area contributed by atoms with Crippen LogP contribution in [-0.4, -0.2) is 30.5 Å². The van der Waals surface area contributed by atoms with Crippen LogP contribution in [-0.2, 0) is 4.79 Å². The second-order valence-electron chi connectivity index (χ2n) is 6.16. The van der Waals surface area contributed by atoms with Crippen LogP contribution in [0.2, 0.25) is 19.6 Å². The molecule has 0 aliphatic carbocycles. The third kappa shape index (κ3) is 4.74. The van der Waals surface area contributed by atoms with E-state index in [0.717, 1.165) is 12.1 Å². The SMILES string of the molecule is C#CCC(C(C(=O)S)c1ccccc1)N(CC)[Si](C)(C)C. The Labute approximate surface area is 135 Å². The van der Waals surface area contributed by atoms with Gasteiger partial charge in [0.15, 0.2) is 5.12 Å². The van der Waals surface area contributed by atoms with E-state index in [0.29, 0.717) is 6.42 Å². The fraction of sp³-hybridized carbons (Fsp3) is 0.471. The van der Waals surface area contributed by atoms with Gasteiger partial charge in [0.1, 0.15) is 8.24 Å². The van der Waals surface area contributed by atoms with Crippen molar-refractivity contribution in [1.29, 1.82) is 0 Å². The zero-order valence-electron chi connectivity index (χ0n) is 13.3. The fourth-order valence-electron chi connectivity index (χ4n) is 2.92. The van der Waals surface area contributed by atoms with Crippen LogP contribution in [0.5, 0.6) is 0 Å². The normalized spacial score (nSPS) is 14.5. The minimum absolute atomic E-state index is 0.0130. The molecule has 0 amide bonds. The lowest BCUT2D eigenvalue weighted by atomic mass is 9.90. The molecule has 1 aromatic carbocycles. The number of carbonyl (C=O) groups excluding carboxylic acids is 1. The van der Waals surface area contributed by atoms with Gasteiger partial charge in [-0.15, -0.1) is 25.0 Å². The molecule has 1 aromatic rings. The molecule has 0 aliphatic rings. The lowest BCUT2D eigenvalue weighted by Crippen LogP contribution is -2.54. The average Bonchev–Trinajstić information content (AvgIpc) is 2.39. The molecule has 0 heterocycles. The van der Waals surface area contributed by atoms with Crippen molar-refractivity contribution >= 4 is 26.0 Å². The Bertz CT molecular complexity index is 504. The zero-order chi connectivity index (χ0) is 16.0. The Kier molecular flexibility index (Phi) is 6.73. The highest BCUT2D eigenvalue weighted by Crippen LogP contribution is 2.31. The molecule has 2 nitrogen and oxygen atoms in total. The van der Waals surface area contributed by atoms with Gasteiger partial charge in [0.25, 0.3) is 0 Å². The number of hydrogen-bond acceptors (Lipinski definition) is 2. The van der Waals surface area contributed by atoms with E-state index in [1.807, 2.05) is 30.3 Å². The van der Waals surface area contributed by atoms with Crippen molar-refractivity contribution in [2.45, 2.75) is 44.9 Å². The van der Waals surface area contributed by atoms with E-state index in [9.17, 15) is 4.79 Å². The Morgan fingerprint density at radius 2 is 1.90 bits per heavy atom. The maximum atomic E-state index is 12.2. The average molecular weight is 320 g/mol. The number of hydrogen-bond donors (Lipinski definition) is 1. The first-order valence-electron chi connectivity index (χ1n) is 7.30. The minimum Gasteiger partial charge on any atom is -0.320 e. The molecule has 0 saturated carbocycles. The summed E-state index contributed by atoms with van der Waals surface area (Å²) in [6, 6.07) is 9.85. The molecule has 0 aromatic heterocycles. The van der Waals surface area contributed by atoms with Crippen LogP contribution in [0, 0.1) is 12.3 Å². The quantitative estimate of drug-likeness (QED) is 0.469. The summed E-state index contributed by atoms with van der Waals surface area (Å²) >= 11 is 4.15. The Balaban J connectivity index is 3.28. The van der Waals surface area contributed by atoms with Crippen molar-refractivity contribution < 1.29 is 4.79 Å². The topological polar surface area (TPSA) is 20.3 Å². The Hall–Kier alpha value is -1.02. The third-order valence-electron chi connectivity index (χ3n) is 3.74. The van der Waals surface area contributed by atoms with E-state index in [1.165, 1.54) is 0 Å². The molecule has 2 unspecified atom stereocenters. The molecule has 2 atom stereocenters. The summed E-state index contributed by atoms with van der Waals surface area (Å²) in [7, 11) is -1.58. The van der Waals surface area contributed by atoms with Crippen LogP contribution in [0.1, 0.15) is 24.8 Å². The summed E-state index contributed by atoms with van der Waals surface area (Å²) in [4.78, 5) is 12.2. The van der Waals surface area contributed by atoms with Gasteiger partial charge in [0, 0.05) is 12.5 Å². The van der Waals surface area contributed by atoms with Gasteiger partial charge in [0.05, 0.1) is 5.92 Å². The second kappa shape index (κ2) is 7.84. The molecule has 0 bridgehead atoms. The van der Waals surface area contributed by atoms with Gasteiger partial charge in [-0.2, -0.15) is 0 Å². The molecule has 0 aliphatic heterocycles. The van der Waals surface area contributed by atoms with Crippen molar-refractivity contribution in [1.82, 2.24) is 4.57 Å². The van der Waals surface area contributed by atoms with Crippen molar-refractivity contribution in [2.75, 3.05) is 6.54 Å². The molecular formula is C17H25NOSSi. The highest BCUT2D eigenvalue weighted by atomic mass is 32.1. The molecule has 0 spiro atoms. The van der Waals surface area contributed by atoms with Gasteiger partial charge < -0.3 is 4.57 Å². The highest BCUT2D eigenvalue weighted by Gasteiger charge is 2.37. The molecule has 0 fully saturated rings. The second-order valence-corrected chi connectivity index (χ2v) is 11.5. The number of thiol groups is 1. The van der Waals surface area contributed by atoms with Gasteiger partial charge >= 0.3 is 0 Å². The Morgan fingerprint density at radius 1 is 1.33 bits per heavy atom. The van der Waals surface area contributed by atoms with Crippen molar-refractivity contribution in [2.24, 2.45) is 0 Å². The van der Waals surface area contributed by atoms with Crippen molar-refractivity contribution in [3.63, 3.8) is 0 Å². The number of terminal acetylenes is 1. The predicted octanol–water partition coefficient (Wildman–Crippen LogP) is 3.78. The minimum atomic E-state index is -1.58. The zero-order valence-corrected chi connectivity index (χ0v) is 15.2. The molecule has 21 heavy (non-hydrogen) atoms. The Morgan fingerprint density at radius 3 is 2.29 bits per heavy atom. The lowest BCUT2D eigenvalue weighted by Gasteiger charge is -2.42. The number of carbonyl (C=O) groups is 1. The lowest BCUT2D eigenvalue weighted by molar-refractivity contribution is -0.113. The van der Waals surface area contributed by atoms with Gasteiger partial charge in [-0.25, -0.2) is 0 Å². The van der Waals surface area contributed by atoms with E-state index >= 15 is 0 Å². The molecule has 0 saturated heterocycles. The number of benzene rings is 1. The van der Waals surface area contributed by atoms with Crippen LogP contribution in [0.15, 0.2) is 30.3 Å². The monoisotopic (exact) mass is 319 g/mol. The first kappa shape index (κ1) is 18.0. The molecular weight excluding hydrogens is 294 g/mol. The van der Waals surface area contributed by atoms with Gasteiger partial charge in [0.2, 0.25) is 0 Å². The summed E-state index contributed by atoms with van der Waals surface area (Å²) in [5.41, 5.74) is 0.995. The summed E-state index contributed by atoms with van der Waals surface area (Å²) in [6.07, 6.45) is 6.14. The van der Waals surface area contributed by atoms with Gasteiger partial charge in [-0.05, 0) is 12.1 Å². The van der Waals surface area contributed by atoms with Gasteiger partial charge in [-0.1, -0.05) is 56.9 Å². The first-order chi connectivity index (χ1) is 9.82. The van der Waals surface area contributed by atoms with E-state index in [4.69, 9.17) is 6.42 Å². The molecule has 0 radical (unpaired) electrons. The summed E-state index contributed by atoms with van der Waals surface area (Å²) in [5.74, 6) is 2.47. The van der Waals surface area contributed by atoms with Crippen LogP contribution in [0.25, 0.3) is 0 Å². The van der Waals surface area contributed by atoms with E-state index in [-0.39, 0.29) is 17.1 Å². The smallest absolute Gasteiger partial charge is 0.194 e. The molecule has 0 N–H and O–H groups in total. The number of likely N-dealkylation sites (N-methyl/N-ethyl adjacent to an activating group) is 1. The van der Waals surface area contributed by atoms with E-state index in [2.05, 4.69) is 49.7 Å². The van der Waals surface area contributed by atoms with Crippen LogP contribution >= 0.6 is 12.6 Å². The van der Waals surface area contributed by atoms with Crippen molar-refractivity contribution in [3.8, 4) is 12.3 Å². The highest BCUT2D eigenvalue weighted by molar-refractivity contribution is 7.96. The van der Waals surface area contributed by atoms with E-state index in [1.54, 1.807) is 0 Å². The summed E-state index contributed by atoms with van der Waals surface area (Å²) in [5, 5.41) is -0.113. The predicted molar refractivity (Wildman–Crippen MR) is 96.1 cm³/mol. The molecule has 1 rings (SSSR count). The van der Waals surface area contributed by atoms with Crippen molar-refractivity contribution in [3.05, 3.63) is 35.9 Å². The standard InChI is InChI=1S/C17H25NOSSi/c1-6-11-15(18(7-2)21(3,4)5)16(17(19)20)14-12-9-8-10-13-14/h1,8-10,12-13,15-16H,7,11H2,2-5H3,(H,19,20). The van der Waals surface area contributed by atoms with E-state index < -0.39 is 8.24 Å². The maximum Gasteiger partial charge on any atom is 0.194 e. The summed E-state index contributed by atoms with van der Waals surface area (Å²) < 4.78 is 2.43. The first-order valence-corrected chi connectivity index (χ1v) is 11.2. The van der Waals surface area contributed by atoms with Crippen LogP contribution < -0.4 is 0 Å². The van der Waals surface area contributed by atoms with Crippen LogP contribution in [0.3, 0.4) is 0 Å². The van der Waals surface area contributed by atoms with Gasteiger partial charge in [-0.3, -0.25) is 4.79 Å². The largest absolute Gasteiger partial charge is 0.320 e. The van der Waals surface area contributed by atoms with Crippen LogP contribution in [0.4, 0.5) is 0 Å². The maximum absolute atomic E-state index is 12.2. The number of rotatable bonds is 7. The number of nitrogens with zero attached hydrogens (tertiary/aromatic N) is 1. The molecule has 4 heteroatoms. The third-order valence-corrected chi connectivity index (χ3v) is 6.39. The fourth-order valence-corrected chi connectivity index (χ4v) is 5.43. The molecule has 114 valence electrons. The summed E-state index contributed by atoms with van der Waals surface area (Å²) in [6.45, 7) is 9.88.